The van der Waals surface area contributed by atoms with E-state index < -0.39 is 24.1 Å². The first kappa shape index (κ1) is 10.1. The summed E-state index contributed by atoms with van der Waals surface area (Å²) in [6, 6.07) is -0.593. The molecule has 1 amide bonds. The Hall–Kier alpha value is -0.935. The summed E-state index contributed by atoms with van der Waals surface area (Å²) in [5.74, 6) is -2.86. The highest BCUT2D eigenvalue weighted by atomic mass is 19.4. The predicted molar refractivity (Wildman–Crippen MR) is 41.0 cm³/mol. The SMILES string of the molecule is [B][C@H]1C=C[C@@H](C)N1C(=O)C(F)(F)F. The zero-order valence-electron chi connectivity index (χ0n) is 6.88. The van der Waals surface area contributed by atoms with Crippen LogP contribution in [-0.2, 0) is 4.79 Å². The van der Waals surface area contributed by atoms with Gasteiger partial charge in [-0.25, -0.2) is 0 Å². The Labute approximate surface area is 74.8 Å². The molecule has 0 aliphatic carbocycles. The lowest BCUT2D eigenvalue weighted by Crippen LogP contribution is -2.47. The van der Waals surface area contributed by atoms with Gasteiger partial charge in [0.25, 0.3) is 0 Å². The van der Waals surface area contributed by atoms with Gasteiger partial charge < -0.3 is 4.90 Å². The number of nitrogens with zero attached hydrogens (tertiary/aromatic N) is 1. The van der Waals surface area contributed by atoms with Crippen molar-refractivity contribution in [3.05, 3.63) is 12.2 Å². The van der Waals surface area contributed by atoms with Gasteiger partial charge in [-0.3, -0.25) is 4.79 Å². The van der Waals surface area contributed by atoms with Gasteiger partial charge in [0, 0.05) is 12.0 Å². The molecule has 1 aliphatic heterocycles. The molecule has 1 rings (SSSR count). The van der Waals surface area contributed by atoms with Gasteiger partial charge in [-0.2, -0.15) is 13.2 Å². The Morgan fingerprint density at radius 1 is 1.46 bits per heavy atom. The average Bonchev–Trinajstić information content (AvgIpc) is 2.28. The van der Waals surface area contributed by atoms with Crippen LogP contribution in [0, 0.1) is 0 Å². The predicted octanol–water partition coefficient (Wildman–Crippen LogP) is 0.830. The average molecular weight is 189 g/mol. The maximum absolute atomic E-state index is 12.0. The van der Waals surface area contributed by atoms with Crippen molar-refractivity contribution < 1.29 is 18.0 Å². The third kappa shape index (κ3) is 1.87. The van der Waals surface area contributed by atoms with Crippen LogP contribution in [0.15, 0.2) is 12.2 Å². The second kappa shape index (κ2) is 3.08. The second-order valence-electron chi connectivity index (χ2n) is 2.83. The van der Waals surface area contributed by atoms with E-state index >= 15 is 0 Å². The number of halogens is 3. The van der Waals surface area contributed by atoms with Crippen LogP contribution in [0.2, 0.25) is 0 Å². The minimum atomic E-state index is -4.85. The van der Waals surface area contributed by atoms with E-state index in [1.165, 1.54) is 19.1 Å². The van der Waals surface area contributed by atoms with E-state index in [-0.39, 0.29) is 0 Å². The molecular weight excluding hydrogens is 182 g/mol. The van der Waals surface area contributed by atoms with Crippen molar-refractivity contribution in [3.8, 4) is 0 Å². The van der Waals surface area contributed by atoms with Crippen molar-refractivity contribution in [2.24, 2.45) is 0 Å². The normalized spacial score (nSPS) is 28.2. The number of amides is 1. The zero-order valence-corrected chi connectivity index (χ0v) is 6.88. The maximum Gasteiger partial charge on any atom is 0.471 e. The molecule has 13 heavy (non-hydrogen) atoms. The number of hydrogen-bond acceptors (Lipinski definition) is 1. The van der Waals surface area contributed by atoms with Crippen LogP contribution in [0.1, 0.15) is 6.92 Å². The van der Waals surface area contributed by atoms with E-state index in [1.807, 2.05) is 0 Å². The highest BCUT2D eigenvalue weighted by Crippen LogP contribution is 2.24. The first-order valence-corrected chi connectivity index (χ1v) is 3.67. The van der Waals surface area contributed by atoms with Gasteiger partial charge in [0.15, 0.2) is 0 Å². The Morgan fingerprint density at radius 2 is 2.00 bits per heavy atom. The van der Waals surface area contributed by atoms with Crippen molar-refractivity contribution in [2.45, 2.75) is 25.1 Å². The third-order valence-corrected chi connectivity index (χ3v) is 1.82. The maximum atomic E-state index is 12.0. The number of hydrogen-bond donors (Lipinski definition) is 0. The van der Waals surface area contributed by atoms with Crippen LogP contribution in [-0.4, -0.2) is 36.8 Å². The molecule has 0 bridgehead atoms. The van der Waals surface area contributed by atoms with E-state index in [9.17, 15) is 18.0 Å². The lowest BCUT2D eigenvalue weighted by molar-refractivity contribution is -0.186. The smallest absolute Gasteiger partial charge is 0.331 e. The Morgan fingerprint density at radius 3 is 2.31 bits per heavy atom. The van der Waals surface area contributed by atoms with E-state index in [0.29, 0.717) is 4.90 Å². The first-order valence-electron chi connectivity index (χ1n) is 3.67. The molecule has 0 N–H and O–H groups in total. The van der Waals surface area contributed by atoms with Gasteiger partial charge in [-0.15, -0.1) is 0 Å². The van der Waals surface area contributed by atoms with E-state index in [0.717, 1.165) is 0 Å². The Kier molecular flexibility index (Phi) is 2.41. The van der Waals surface area contributed by atoms with Crippen LogP contribution in [0.5, 0.6) is 0 Å². The number of alkyl halides is 3. The van der Waals surface area contributed by atoms with Crippen molar-refractivity contribution in [2.75, 3.05) is 0 Å². The van der Waals surface area contributed by atoms with Crippen LogP contribution in [0.4, 0.5) is 13.2 Å². The summed E-state index contributed by atoms with van der Waals surface area (Å²) >= 11 is 0. The molecule has 0 unspecified atom stereocenters. The summed E-state index contributed by atoms with van der Waals surface area (Å²) in [6.07, 6.45) is -2.01. The summed E-state index contributed by atoms with van der Waals surface area (Å²) in [4.78, 5) is 11.4. The second-order valence-corrected chi connectivity index (χ2v) is 2.83. The number of rotatable bonds is 0. The fourth-order valence-electron chi connectivity index (χ4n) is 1.20. The molecule has 1 heterocycles. The van der Waals surface area contributed by atoms with Crippen molar-refractivity contribution in [3.63, 3.8) is 0 Å². The lowest BCUT2D eigenvalue weighted by Gasteiger charge is -2.27. The van der Waals surface area contributed by atoms with E-state index in [4.69, 9.17) is 7.85 Å². The number of carbonyl (C=O) groups is 1. The summed E-state index contributed by atoms with van der Waals surface area (Å²) in [6.45, 7) is 1.48. The summed E-state index contributed by atoms with van der Waals surface area (Å²) < 4.78 is 35.9. The van der Waals surface area contributed by atoms with Crippen LogP contribution in [0.3, 0.4) is 0 Å². The molecule has 70 valence electrons. The lowest BCUT2D eigenvalue weighted by atomic mass is 9.96. The molecular formula is C7H7BF3NO. The number of carbonyl (C=O) groups excluding carboxylic acids is 1. The molecule has 2 atom stereocenters. The third-order valence-electron chi connectivity index (χ3n) is 1.82. The fraction of sp³-hybridized carbons (Fsp3) is 0.571. The van der Waals surface area contributed by atoms with Gasteiger partial charge >= 0.3 is 12.1 Å². The van der Waals surface area contributed by atoms with Crippen molar-refractivity contribution in [1.82, 2.24) is 4.90 Å². The molecule has 0 saturated heterocycles. The van der Waals surface area contributed by atoms with Crippen molar-refractivity contribution >= 4 is 13.8 Å². The van der Waals surface area contributed by atoms with Gasteiger partial charge in [-0.05, 0) is 6.92 Å². The van der Waals surface area contributed by atoms with Crippen LogP contribution in [0.25, 0.3) is 0 Å². The highest BCUT2D eigenvalue weighted by Gasteiger charge is 2.45. The summed E-state index contributed by atoms with van der Waals surface area (Å²) in [5, 5.41) is 0. The quantitative estimate of drug-likeness (QED) is 0.408. The van der Waals surface area contributed by atoms with Gasteiger partial charge in [-0.1, -0.05) is 12.2 Å². The molecule has 6 heteroatoms. The molecule has 0 spiro atoms. The Bertz CT molecular complexity index is 239. The van der Waals surface area contributed by atoms with Gasteiger partial charge in [0.1, 0.15) is 7.85 Å². The molecule has 2 nitrogen and oxygen atoms in total. The first-order chi connectivity index (χ1) is 5.84. The molecule has 0 aromatic rings. The molecule has 1 aliphatic rings. The van der Waals surface area contributed by atoms with E-state index in [2.05, 4.69) is 0 Å². The largest absolute Gasteiger partial charge is 0.471 e. The molecule has 0 fully saturated rings. The highest BCUT2D eigenvalue weighted by molar-refractivity contribution is 6.15. The molecule has 0 aromatic carbocycles. The molecule has 0 aromatic heterocycles. The van der Waals surface area contributed by atoms with Crippen LogP contribution >= 0.6 is 0 Å². The molecule has 2 radical (unpaired) electrons. The summed E-state index contributed by atoms with van der Waals surface area (Å²) in [7, 11) is 5.29. The van der Waals surface area contributed by atoms with Gasteiger partial charge in [0.2, 0.25) is 0 Å². The van der Waals surface area contributed by atoms with E-state index in [1.54, 1.807) is 0 Å². The topological polar surface area (TPSA) is 20.3 Å². The Balaban J connectivity index is 2.79. The molecule has 0 saturated carbocycles. The minimum Gasteiger partial charge on any atom is -0.331 e. The zero-order chi connectivity index (χ0) is 10.2. The standard InChI is InChI=1S/C7H7BF3NO/c1-4-2-3-5(8)12(4)6(13)7(9,10)11/h2-5H,1H3/t4-,5-/m1/s1. The monoisotopic (exact) mass is 189 g/mol. The minimum absolute atomic E-state index is 0.593. The summed E-state index contributed by atoms with van der Waals surface area (Å²) in [5.41, 5.74) is 0. The fourth-order valence-corrected chi connectivity index (χ4v) is 1.20. The van der Waals surface area contributed by atoms with Crippen molar-refractivity contribution in [1.29, 1.82) is 0 Å². The van der Waals surface area contributed by atoms with Gasteiger partial charge in [0.05, 0.1) is 0 Å². The van der Waals surface area contributed by atoms with Crippen LogP contribution < -0.4 is 0 Å².